The topological polar surface area (TPSA) is 170 Å². The van der Waals surface area contributed by atoms with Crippen molar-refractivity contribution in [3.8, 4) is 0 Å². The molecule has 1 aliphatic heterocycles. The Morgan fingerprint density at radius 3 is 2.82 bits per heavy atom. The van der Waals surface area contributed by atoms with Crippen molar-refractivity contribution in [3.63, 3.8) is 0 Å². The van der Waals surface area contributed by atoms with Gasteiger partial charge in [-0.05, 0) is 12.8 Å². The van der Waals surface area contributed by atoms with Crippen molar-refractivity contribution in [2.75, 3.05) is 6.54 Å². The summed E-state index contributed by atoms with van der Waals surface area (Å²) in [5.41, 5.74) is 5.75. The highest BCUT2D eigenvalue weighted by Gasteiger charge is 2.36. The number of nitrogens with zero attached hydrogens (tertiary/aromatic N) is 2. The maximum atomic E-state index is 12.6. The maximum Gasteiger partial charge on any atom is 0.325 e. The van der Waals surface area contributed by atoms with E-state index in [-0.39, 0.29) is 42.9 Å². The van der Waals surface area contributed by atoms with E-state index in [4.69, 9.17) is 5.73 Å². The predicted octanol–water partition coefficient (Wildman–Crippen LogP) is -1.61. The summed E-state index contributed by atoms with van der Waals surface area (Å²) in [6.45, 7) is 0.433. The molecular formula is C16H22ClN7O4. The van der Waals surface area contributed by atoms with Crippen LogP contribution in [0.1, 0.15) is 24.2 Å². The summed E-state index contributed by atoms with van der Waals surface area (Å²) in [5, 5.41) is 2.65. The minimum atomic E-state index is -0.786. The highest BCUT2D eigenvalue weighted by Crippen LogP contribution is 2.19. The van der Waals surface area contributed by atoms with Gasteiger partial charge in [0.2, 0.25) is 11.8 Å². The van der Waals surface area contributed by atoms with Gasteiger partial charge in [-0.25, -0.2) is 9.78 Å². The summed E-state index contributed by atoms with van der Waals surface area (Å²) >= 11 is 0. The van der Waals surface area contributed by atoms with Crippen LogP contribution in [0.25, 0.3) is 0 Å². The van der Waals surface area contributed by atoms with Crippen LogP contribution >= 0.6 is 12.4 Å². The highest BCUT2D eigenvalue weighted by molar-refractivity contribution is 5.90. The molecule has 0 spiro atoms. The SMILES string of the molecule is Cl.N[C@@H](Cc1c[nH]cn1)C(=O)N1CCC[C@H]1C(=O)NCc1cc(=O)[nH]c(=O)[nH]1. The minimum absolute atomic E-state index is 0. The fourth-order valence-electron chi connectivity index (χ4n) is 3.15. The van der Waals surface area contributed by atoms with Crippen LogP contribution in [0.4, 0.5) is 0 Å². The zero-order chi connectivity index (χ0) is 19.4. The van der Waals surface area contributed by atoms with E-state index < -0.39 is 23.3 Å². The van der Waals surface area contributed by atoms with Gasteiger partial charge in [0.25, 0.3) is 5.56 Å². The molecule has 3 rings (SSSR count). The number of likely N-dealkylation sites (tertiary alicyclic amines) is 1. The van der Waals surface area contributed by atoms with E-state index in [9.17, 15) is 19.2 Å². The van der Waals surface area contributed by atoms with Crippen LogP contribution in [0.2, 0.25) is 0 Å². The quantitative estimate of drug-likeness (QED) is 0.382. The maximum absolute atomic E-state index is 12.6. The number of aromatic nitrogens is 4. The van der Waals surface area contributed by atoms with Crippen LogP contribution in [-0.4, -0.2) is 55.3 Å². The third-order valence-electron chi connectivity index (χ3n) is 4.41. The van der Waals surface area contributed by atoms with Crippen molar-refractivity contribution in [2.24, 2.45) is 5.73 Å². The number of H-pyrrole nitrogens is 3. The number of hydrogen-bond acceptors (Lipinski definition) is 6. The third kappa shape index (κ3) is 5.08. The van der Waals surface area contributed by atoms with Gasteiger partial charge in [0.05, 0.1) is 24.6 Å². The lowest BCUT2D eigenvalue weighted by Crippen LogP contribution is -2.51. The lowest BCUT2D eigenvalue weighted by atomic mass is 10.1. The van der Waals surface area contributed by atoms with E-state index in [0.29, 0.717) is 25.1 Å². The van der Waals surface area contributed by atoms with Gasteiger partial charge in [0.15, 0.2) is 0 Å². The smallest absolute Gasteiger partial charge is 0.325 e. The lowest BCUT2D eigenvalue weighted by Gasteiger charge is -2.26. The van der Waals surface area contributed by atoms with Crippen LogP contribution in [-0.2, 0) is 22.6 Å². The molecule has 2 aromatic heterocycles. The summed E-state index contributed by atoms with van der Waals surface area (Å²) in [6, 6.07) is -0.221. The van der Waals surface area contributed by atoms with E-state index in [1.807, 2.05) is 0 Å². The molecule has 2 amide bonds. The van der Waals surface area contributed by atoms with Crippen molar-refractivity contribution in [3.05, 3.63) is 50.8 Å². The molecule has 6 N–H and O–H groups in total. The van der Waals surface area contributed by atoms with Crippen LogP contribution in [0.5, 0.6) is 0 Å². The van der Waals surface area contributed by atoms with Crippen LogP contribution in [0.3, 0.4) is 0 Å². The van der Waals surface area contributed by atoms with Crippen LogP contribution in [0, 0.1) is 0 Å². The van der Waals surface area contributed by atoms with Crippen molar-refractivity contribution < 1.29 is 9.59 Å². The summed E-state index contributed by atoms with van der Waals surface area (Å²) < 4.78 is 0. The highest BCUT2D eigenvalue weighted by atomic mass is 35.5. The number of carbonyl (C=O) groups is 2. The Kier molecular flexibility index (Phi) is 7.12. The summed E-state index contributed by atoms with van der Waals surface area (Å²) in [7, 11) is 0. The molecule has 0 aromatic carbocycles. The summed E-state index contributed by atoms with van der Waals surface area (Å²) in [5.74, 6) is -0.658. The average molecular weight is 412 g/mol. The molecule has 1 saturated heterocycles. The van der Waals surface area contributed by atoms with Crippen molar-refractivity contribution in [1.82, 2.24) is 30.2 Å². The molecule has 11 nitrogen and oxygen atoms in total. The monoisotopic (exact) mass is 411 g/mol. The molecule has 0 bridgehead atoms. The fraction of sp³-hybridized carbons (Fsp3) is 0.438. The van der Waals surface area contributed by atoms with E-state index in [0.717, 1.165) is 0 Å². The molecule has 0 aliphatic carbocycles. The van der Waals surface area contributed by atoms with Gasteiger partial charge in [0.1, 0.15) is 6.04 Å². The number of hydrogen-bond donors (Lipinski definition) is 5. The number of rotatable bonds is 6. The number of carbonyl (C=O) groups excluding carboxylic acids is 2. The molecule has 0 saturated carbocycles. The Morgan fingerprint density at radius 1 is 1.36 bits per heavy atom. The van der Waals surface area contributed by atoms with Gasteiger partial charge < -0.3 is 25.9 Å². The molecule has 2 aromatic rings. The normalized spacial score (nSPS) is 17.0. The number of halogens is 1. The Hall–Kier alpha value is -2.92. The predicted molar refractivity (Wildman–Crippen MR) is 102 cm³/mol. The zero-order valence-corrected chi connectivity index (χ0v) is 15.8. The minimum Gasteiger partial charge on any atom is -0.351 e. The Labute approximate surface area is 165 Å². The van der Waals surface area contributed by atoms with Gasteiger partial charge in [0, 0.05) is 30.9 Å². The second-order valence-corrected chi connectivity index (χ2v) is 6.39. The van der Waals surface area contributed by atoms with Gasteiger partial charge in [-0.15, -0.1) is 12.4 Å². The average Bonchev–Trinajstić information content (AvgIpc) is 3.29. The first-order valence-electron chi connectivity index (χ1n) is 8.58. The van der Waals surface area contributed by atoms with Gasteiger partial charge in [-0.3, -0.25) is 19.4 Å². The van der Waals surface area contributed by atoms with Crippen LogP contribution < -0.4 is 22.3 Å². The number of imidazole rings is 1. The molecule has 152 valence electrons. The summed E-state index contributed by atoms with van der Waals surface area (Å²) in [6.07, 6.45) is 4.68. The number of amides is 2. The first-order valence-corrected chi connectivity index (χ1v) is 8.58. The van der Waals surface area contributed by atoms with Crippen molar-refractivity contribution in [2.45, 2.75) is 37.9 Å². The van der Waals surface area contributed by atoms with Crippen molar-refractivity contribution in [1.29, 1.82) is 0 Å². The molecule has 0 unspecified atom stereocenters. The van der Waals surface area contributed by atoms with Gasteiger partial charge >= 0.3 is 5.69 Å². The number of nitrogens with one attached hydrogen (secondary N) is 4. The number of aromatic amines is 3. The first-order chi connectivity index (χ1) is 12.9. The molecule has 0 radical (unpaired) electrons. The molecular weight excluding hydrogens is 390 g/mol. The molecule has 2 atom stereocenters. The molecule has 12 heteroatoms. The molecule has 28 heavy (non-hydrogen) atoms. The second-order valence-electron chi connectivity index (χ2n) is 6.39. The standard InChI is InChI=1S/C16H21N7O4.ClH/c17-11(4-9-6-18-8-20-9)15(26)23-3-1-2-12(23)14(25)19-7-10-5-13(24)22-16(27)21-10;/h5-6,8,11-12H,1-4,7,17H2,(H,18,20)(H,19,25)(H2,21,22,24,27);1H/t11-,12-;/m0./s1. The van der Waals surface area contributed by atoms with E-state index >= 15 is 0 Å². The lowest BCUT2D eigenvalue weighted by molar-refractivity contribution is -0.139. The summed E-state index contributed by atoms with van der Waals surface area (Å²) in [4.78, 5) is 60.5. The largest absolute Gasteiger partial charge is 0.351 e. The first kappa shape index (κ1) is 21.4. The van der Waals surface area contributed by atoms with Crippen LogP contribution in [0.15, 0.2) is 28.2 Å². The van der Waals surface area contributed by atoms with E-state index in [2.05, 4.69) is 25.3 Å². The molecule has 3 heterocycles. The fourth-order valence-corrected chi connectivity index (χ4v) is 3.15. The van der Waals surface area contributed by atoms with E-state index in [1.165, 1.54) is 17.3 Å². The van der Waals surface area contributed by atoms with E-state index in [1.54, 1.807) is 6.20 Å². The van der Waals surface area contributed by atoms with Gasteiger partial charge in [-0.2, -0.15) is 0 Å². The molecule has 1 aliphatic rings. The number of nitrogens with two attached hydrogens (primary N) is 1. The van der Waals surface area contributed by atoms with Gasteiger partial charge in [-0.1, -0.05) is 0 Å². The Morgan fingerprint density at radius 2 is 2.14 bits per heavy atom. The van der Waals surface area contributed by atoms with Crippen molar-refractivity contribution >= 4 is 24.2 Å². The second kappa shape index (κ2) is 9.33. The Balaban J connectivity index is 0.00000280. The Bertz CT molecular complexity index is 895. The zero-order valence-electron chi connectivity index (χ0n) is 14.9. The molecule has 1 fully saturated rings. The third-order valence-corrected chi connectivity index (χ3v) is 4.41.